The Hall–Kier alpha value is -2.17. The average molecular weight is 281 g/mol. The molecule has 0 bridgehead atoms. The summed E-state index contributed by atoms with van der Waals surface area (Å²) in [5.74, 6) is 0.962. The van der Waals surface area contributed by atoms with Crippen LogP contribution in [0.15, 0.2) is 54.6 Å². The summed E-state index contributed by atoms with van der Waals surface area (Å²) in [6.45, 7) is 2.58. The van der Waals surface area contributed by atoms with Gasteiger partial charge in [0.25, 0.3) is 0 Å². The van der Waals surface area contributed by atoms with Crippen molar-refractivity contribution in [3.8, 4) is 0 Å². The van der Waals surface area contributed by atoms with Crippen LogP contribution in [0, 0.1) is 0 Å². The number of benzene rings is 2. The van der Waals surface area contributed by atoms with E-state index in [9.17, 15) is 0 Å². The molecular formula is C17H19N3O. The van der Waals surface area contributed by atoms with E-state index in [0.29, 0.717) is 6.61 Å². The Kier molecular flexibility index (Phi) is 3.99. The van der Waals surface area contributed by atoms with Gasteiger partial charge in [0.2, 0.25) is 0 Å². The minimum Gasteiger partial charge on any atom is -0.330 e. The second-order valence-corrected chi connectivity index (χ2v) is 5.13. The third kappa shape index (κ3) is 2.96. The number of nitrogens with one attached hydrogen (secondary N) is 1. The molecule has 0 spiro atoms. The first-order chi connectivity index (χ1) is 10.3. The molecule has 0 saturated heterocycles. The number of para-hydroxylation sites is 2. The van der Waals surface area contributed by atoms with Gasteiger partial charge in [-0.15, -0.1) is 0 Å². The lowest BCUT2D eigenvalue weighted by Gasteiger charge is -2.13. The van der Waals surface area contributed by atoms with Crippen molar-refractivity contribution in [2.75, 3.05) is 0 Å². The maximum atomic E-state index is 5.58. The second kappa shape index (κ2) is 6.08. The number of imidazole rings is 1. The number of nitrogens with zero attached hydrogens (tertiary/aromatic N) is 2. The highest BCUT2D eigenvalue weighted by molar-refractivity contribution is 5.75. The molecule has 1 N–H and O–H groups in total. The van der Waals surface area contributed by atoms with Crippen LogP contribution < -0.4 is 5.48 Å². The monoisotopic (exact) mass is 281 g/mol. The van der Waals surface area contributed by atoms with Gasteiger partial charge in [0.1, 0.15) is 5.82 Å². The summed E-state index contributed by atoms with van der Waals surface area (Å²) in [5, 5.41) is 0. The van der Waals surface area contributed by atoms with Gasteiger partial charge < -0.3 is 4.57 Å². The molecule has 1 heterocycles. The Morgan fingerprint density at radius 2 is 1.81 bits per heavy atom. The molecular weight excluding hydrogens is 262 g/mol. The molecule has 21 heavy (non-hydrogen) atoms. The molecule has 4 heteroatoms. The van der Waals surface area contributed by atoms with Crippen LogP contribution in [0.4, 0.5) is 0 Å². The molecule has 0 aliphatic carbocycles. The molecule has 0 amide bonds. The predicted molar refractivity (Wildman–Crippen MR) is 83.5 cm³/mol. The van der Waals surface area contributed by atoms with E-state index in [1.54, 1.807) is 0 Å². The quantitative estimate of drug-likeness (QED) is 0.729. The standard InChI is InChI=1S/C17H19N3O/c1-13(19-21-12-14-8-4-3-5-9-14)17-18-15-10-6-7-11-16(15)20(17)2/h3-11,13,19H,12H2,1-2H3. The van der Waals surface area contributed by atoms with Gasteiger partial charge in [0.05, 0.1) is 23.7 Å². The Labute approximate surface area is 124 Å². The number of hydroxylamine groups is 1. The van der Waals surface area contributed by atoms with E-state index < -0.39 is 0 Å². The first kappa shape index (κ1) is 13.8. The van der Waals surface area contributed by atoms with E-state index in [4.69, 9.17) is 4.84 Å². The molecule has 0 saturated carbocycles. The third-order valence-electron chi connectivity index (χ3n) is 3.55. The van der Waals surface area contributed by atoms with Crippen molar-refractivity contribution >= 4 is 11.0 Å². The van der Waals surface area contributed by atoms with Gasteiger partial charge >= 0.3 is 0 Å². The van der Waals surface area contributed by atoms with Crippen molar-refractivity contribution in [2.24, 2.45) is 7.05 Å². The molecule has 2 aromatic carbocycles. The van der Waals surface area contributed by atoms with Crippen LogP contribution >= 0.6 is 0 Å². The predicted octanol–water partition coefficient (Wildman–Crippen LogP) is 3.36. The number of hydrogen-bond donors (Lipinski definition) is 1. The molecule has 3 aromatic rings. The zero-order valence-electron chi connectivity index (χ0n) is 12.3. The van der Waals surface area contributed by atoms with Gasteiger partial charge in [0, 0.05) is 7.05 Å². The van der Waals surface area contributed by atoms with E-state index in [2.05, 4.69) is 21.1 Å². The fourth-order valence-corrected chi connectivity index (χ4v) is 2.43. The van der Waals surface area contributed by atoms with Crippen LogP contribution in [0.5, 0.6) is 0 Å². The molecule has 0 radical (unpaired) electrons. The van der Waals surface area contributed by atoms with E-state index in [1.165, 1.54) is 0 Å². The summed E-state index contributed by atoms with van der Waals surface area (Å²) in [6, 6.07) is 18.2. The van der Waals surface area contributed by atoms with E-state index in [-0.39, 0.29) is 6.04 Å². The zero-order chi connectivity index (χ0) is 14.7. The zero-order valence-corrected chi connectivity index (χ0v) is 12.3. The van der Waals surface area contributed by atoms with Gasteiger partial charge in [-0.05, 0) is 24.6 Å². The smallest absolute Gasteiger partial charge is 0.128 e. The first-order valence-corrected chi connectivity index (χ1v) is 7.08. The first-order valence-electron chi connectivity index (χ1n) is 7.08. The largest absolute Gasteiger partial charge is 0.330 e. The van der Waals surface area contributed by atoms with Crippen LogP contribution in [0.2, 0.25) is 0 Å². The van der Waals surface area contributed by atoms with Crippen molar-refractivity contribution in [1.82, 2.24) is 15.0 Å². The summed E-state index contributed by atoms with van der Waals surface area (Å²) in [4.78, 5) is 10.2. The van der Waals surface area contributed by atoms with Gasteiger partial charge in [0.15, 0.2) is 0 Å². The molecule has 1 aromatic heterocycles. The number of aromatic nitrogens is 2. The Balaban J connectivity index is 1.67. The SMILES string of the molecule is CC(NOCc1ccccc1)c1nc2ccccc2n1C. The Morgan fingerprint density at radius 3 is 2.57 bits per heavy atom. The maximum Gasteiger partial charge on any atom is 0.128 e. The van der Waals surface area contributed by atoms with E-state index >= 15 is 0 Å². The lowest BCUT2D eigenvalue weighted by Crippen LogP contribution is -2.21. The molecule has 0 fully saturated rings. The highest BCUT2D eigenvalue weighted by atomic mass is 16.6. The summed E-state index contributed by atoms with van der Waals surface area (Å²) < 4.78 is 2.10. The van der Waals surface area contributed by atoms with Gasteiger partial charge in [-0.25, -0.2) is 4.98 Å². The normalized spacial score (nSPS) is 12.7. The fourth-order valence-electron chi connectivity index (χ4n) is 2.43. The van der Waals surface area contributed by atoms with E-state index in [1.807, 2.05) is 62.5 Å². The van der Waals surface area contributed by atoms with Crippen molar-refractivity contribution in [3.63, 3.8) is 0 Å². The summed E-state index contributed by atoms with van der Waals surface area (Å²) >= 11 is 0. The van der Waals surface area contributed by atoms with Gasteiger partial charge in [-0.2, -0.15) is 5.48 Å². The molecule has 1 atom stereocenters. The topological polar surface area (TPSA) is 39.1 Å². The molecule has 108 valence electrons. The molecule has 4 nitrogen and oxygen atoms in total. The highest BCUT2D eigenvalue weighted by Gasteiger charge is 2.14. The second-order valence-electron chi connectivity index (χ2n) is 5.13. The summed E-state index contributed by atoms with van der Waals surface area (Å²) in [6.07, 6.45) is 0. The van der Waals surface area contributed by atoms with Crippen LogP contribution in [0.1, 0.15) is 24.4 Å². The van der Waals surface area contributed by atoms with Crippen LogP contribution in [-0.2, 0) is 18.5 Å². The maximum absolute atomic E-state index is 5.58. The van der Waals surface area contributed by atoms with Crippen molar-refractivity contribution in [1.29, 1.82) is 0 Å². The van der Waals surface area contributed by atoms with Gasteiger partial charge in [-0.3, -0.25) is 4.84 Å². The number of rotatable bonds is 5. The average Bonchev–Trinajstić information content (AvgIpc) is 2.86. The molecule has 0 aliphatic rings. The van der Waals surface area contributed by atoms with E-state index in [0.717, 1.165) is 22.4 Å². The lowest BCUT2D eigenvalue weighted by molar-refractivity contribution is 0.00474. The van der Waals surface area contributed by atoms with Crippen molar-refractivity contribution in [2.45, 2.75) is 19.6 Å². The van der Waals surface area contributed by atoms with Crippen molar-refractivity contribution < 1.29 is 4.84 Å². The van der Waals surface area contributed by atoms with Crippen LogP contribution in [0.25, 0.3) is 11.0 Å². The molecule has 3 rings (SSSR count). The number of aryl methyl sites for hydroxylation is 1. The van der Waals surface area contributed by atoms with Crippen LogP contribution in [-0.4, -0.2) is 9.55 Å². The third-order valence-corrected chi connectivity index (χ3v) is 3.55. The Bertz CT molecular complexity index is 721. The lowest BCUT2D eigenvalue weighted by atomic mass is 10.2. The fraction of sp³-hybridized carbons (Fsp3) is 0.235. The van der Waals surface area contributed by atoms with Crippen LogP contribution in [0.3, 0.4) is 0 Å². The minimum atomic E-state index is 0.0195. The highest BCUT2D eigenvalue weighted by Crippen LogP contribution is 2.19. The molecule has 1 unspecified atom stereocenters. The molecule has 0 aliphatic heterocycles. The minimum absolute atomic E-state index is 0.0195. The van der Waals surface area contributed by atoms with Gasteiger partial charge in [-0.1, -0.05) is 42.5 Å². The van der Waals surface area contributed by atoms with Crippen molar-refractivity contribution in [3.05, 3.63) is 66.0 Å². The number of hydrogen-bond acceptors (Lipinski definition) is 3. The summed E-state index contributed by atoms with van der Waals surface area (Å²) in [7, 11) is 2.03. The number of fused-ring (bicyclic) bond motifs is 1. The summed E-state index contributed by atoms with van der Waals surface area (Å²) in [5.41, 5.74) is 6.34. The Morgan fingerprint density at radius 1 is 1.10 bits per heavy atom.